The number of hydrogen-bond donors (Lipinski definition) is 1. The SMILES string of the molecule is O=C(Nc1cc(C(F)(F)F)cc(C(F)(F)F)c1)C1CCCN(c2ccc(-c3ccncc3)nn2)C1. The lowest BCUT2D eigenvalue weighted by Gasteiger charge is -2.32. The molecule has 1 N–H and O–H groups in total. The number of carbonyl (C=O) groups is 1. The first-order chi connectivity index (χ1) is 16.5. The quantitative estimate of drug-likeness (QED) is 0.489. The van der Waals surface area contributed by atoms with Crippen LogP contribution in [0.2, 0.25) is 0 Å². The average Bonchev–Trinajstić information content (AvgIpc) is 2.83. The van der Waals surface area contributed by atoms with Gasteiger partial charge in [-0.05, 0) is 55.3 Å². The average molecular weight is 495 g/mol. The number of aromatic nitrogens is 3. The van der Waals surface area contributed by atoms with Crippen LogP contribution < -0.4 is 10.2 Å². The summed E-state index contributed by atoms with van der Waals surface area (Å²) in [5.41, 5.74) is -2.08. The van der Waals surface area contributed by atoms with Crippen molar-refractivity contribution in [2.45, 2.75) is 25.2 Å². The Hall–Kier alpha value is -3.70. The Morgan fingerprint density at radius 2 is 1.57 bits per heavy atom. The highest BCUT2D eigenvalue weighted by molar-refractivity contribution is 5.93. The van der Waals surface area contributed by atoms with E-state index in [9.17, 15) is 31.1 Å². The van der Waals surface area contributed by atoms with E-state index in [2.05, 4.69) is 20.5 Å². The zero-order valence-electron chi connectivity index (χ0n) is 18.1. The number of nitrogens with zero attached hydrogens (tertiary/aromatic N) is 4. The minimum Gasteiger partial charge on any atom is -0.354 e. The maximum absolute atomic E-state index is 13.1. The number of pyridine rings is 1. The molecule has 3 aromatic rings. The molecule has 0 aliphatic carbocycles. The fraction of sp³-hybridized carbons (Fsp3) is 0.304. The topological polar surface area (TPSA) is 71.0 Å². The van der Waals surface area contributed by atoms with Crippen molar-refractivity contribution < 1.29 is 31.1 Å². The second-order valence-electron chi connectivity index (χ2n) is 8.08. The molecular formula is C23H19F6N5O. The van der Waals surface area contributed by atoms with Gasteiger partial charge in [-0.2, -0.15) is 26.3 Å². The van der Waals surface area contributed by atoms with Crippen LogP contribution in [0, 0.1) is 5.92 Å². The van der Waals surface area contributed by atoms with Gasteiger partial charge in [0, 0.05) is 36.7 Å². The van der Waals surface area contributed by atoms with E-state index in [1.165, 1.54) is 0 Å². The summed E-state index contributed by atoms with van der Waals surface area (Å²) < 4.78 is 78.6. The minimum atomic E-state index is -5.00. The molecule has 0 spiro atoms. The van der Waals surface area contributed by atoms with Gasteiger partial charge in [-0.15, -0.1) is 10.2 Å². The van der Waals surface area contributed by atoms with E-state index in [1.807, 2.05) is 4.90 Å². The number of piperidine rings is 1. The van der Waals surface area contributed by atoms with Crippen molar-refractivity contribution >= 4 is 17.4 Å². The number of alkyl halides is 6. The van der Waals surface area contributed by atoms with Crippen LogP contribution >= 0.6 is 0 Å². The fourth-order valence-corrected chi connectivity index (χ4v) is 3.84. The van der Waals surface area contributed by atoms with Gasteiger partial charge >= 0.3 is 12.4 Å². The van der Waals surface area contributed by atoms with Crippen LogP contribution in [0.1, 0.15) is 24.0 Å². The third-order valence-corrected chi connectivity index (χ3v) is 5.60. The second-order valence-corrected chi connectivity index (χ2v) is 8.08. The number of amides is 1. The largest absolute Gasteiger partial charge is 0.416 e. The molecule has 0 bridgehead atoms. The monoisotopic (exact) mass is 495 g/mol. The Morgan fingerprint density at radius 1 is 0.914 bits per heavy atom. The molecule has 1 unspecified atom stereocenters. The highest BCUT2D eigenvalue weighted by Crippen LogP contribution is 2.37. The zero-order valence-corrected chi connectivity index (χ0v) is 18.1. The molecule has 1 atom stereocenters. The van der Waals surface area contributed by atoms with E-state index < -0.39 is 41.0 Å². The van der Waals surface area contributed by atoms with E-state index >= 15 is 0 Å². The molecule has 1 amide bonds. The van der Waals surface area contributed by atoms with Crippen LogP contribution in [-0.2, 0) is 17.1 Å². The summed E-state index contributed by atoms with van der Waals surface area (Å²) in [6.45, 7) is 0.773. The van der Waals surface area contributed by atoms with Crippen molar-refractivity contribution in [1.29, 1.82) is 0 Å². The molecule has 1 aliphatic rings. The zero-order chi connectivity index (χ0) is 25.2. The first-order valence-corrected chi connectivity index (χ1v) is 10.6. The summed E-state index contributed by atoms with van der Waals surface area (Å²) in [6.07, 6.45) is -5.73. The van der Waals surface area contributed by atoms with Crippen molar-refractivity contribution in [2.24, 2.45) is 5.92 Å². The molecule has 12 heteroatoms. The summed E-state index contributed by atoms with van der Waals surface area (Å²) in [5, 5.41) is 10.6. The Balaban J connectivity index is 1.48. The number of carbonyl (C=O) groups excluding carboxylic acids is 1. The van der Waals surface area contributed by atoms with Gasteiger partial charge in [-0.25, -0.2) is 0 Å². The number of anilines is 2. The molecule has 0 radical (unpaired) electrons. The second kappa shape index (κ2) is 9.51. The molecule has 35 heavy (non-hydrogen) atoms. The van der Waals surface area contributed by atoms with Crippen molar-refractivity contribution in [3.63, 3.8) is 0 Å². The number of halogens is 6. The van der Waals surface area contributed by atoms with Crippen LogP contribution in [0.25, 0.3) is 11.3 Å². The molecule has 1 aromatic carbocycles. The molecule has 1 saturated heterocycles. The predicted octanol–water partition coefficient (Wildman–Crippen LogP) is 5.43. The first-order valence-electron chi connectivity index (χ1n) is 10.6. The lowest BCUT2D eigenvalue weighted by Crippen LogP contribution is -2.41. The minimum absolute atomic E-state index is 0.0201. The predicted molar refractivity (Wildman–Crippen MR) is 115 cm³/mol. The fourth-order valence-electron chi connectivity index (χ4n) is 3.84. The standard InChI is InChI=1S/C23H19F6N5O/c24-22(25,26)16-10-17(23(27,28)29)12-18(11-16)31-21(35)15-2-1-9-34(13-15)20-4-3-19(32-33-20)14-5-7-30-8-6-14/h3-8,10-12,15H,1-2,9,13H2,(H,31,35). The van der Waals surface area contributed by atoms with Crippen LogP contribution in [0.3, 0.4) is 0 Å². The highest BCUT2D eigenvalue weighted by Gasteiger charge is 2.37. The Morgan fingerprint density at radius 3 is 2.14 bits per heavy atom. The number of benzene rings is 1. The molecule has 3 heterocycles. The molecule has 1 fully saturated rings. The van der Waals surface area contributed by atoms with Crippen LogP contribution in [-0.4, -0.2) is 34.2 Å². The van der Waals surface area contributed by atoms with E-state index in [4.69, 9.17) is 0 Å². The van der Waals surface area contributed by atoms with Gasteiger partial charge in [0.15, 0.2) is 5.82 Å². The van der Waals surface area contributed by atoms with Gasteiger partial charge in [0.2, 0.25) is 5.91 Å². The van der Waals surface area contributed by atoms with E-state index in [1.54, 1.807) is 36.7 Å². The van der Waals surface area contributed by atoms with E-state index in [0.717, 1.165) is 5.56 Å². The van der Waals surface area contributed by atoms with Crippen molar-refractivity contribution in [1.82, 2.24) is 15.2 Å². The van der Waals surface area contributed by atoms with E-state index in [0.29, 0.717) is 43.0 Å². The maximum atomic E-state index is 13.1. The van der Waals surface area contributed by atoms with Crippen molar-refractivity contribution in [2.75, 3.05) is 23.3 Å². The molecule has 1 aliphatic heterocycles. The van der Waals surface area contributed by atoms with Gasteiger partial charge in [-0.1, -0.05) is 0 Å². The Labute approximate surface area is 196 Å². The molecule has 4 rings (SSSR count). The maximum Gasteiger partial charge on any atom is 0.416 e. The summed E-state index contributed by atoms with van der Waals surface area (Å²) in [7, 11) is 0. The van der Waals surface area contributed by atoms with Gasteiger partial charge in [0.25, 0.3) is 0 Å². The third kappa shape index (κ3) is 5.87. The van der Waals surface area contributed by atoms with Crippen molar-refractivity contribution in [3.8, 4) is 11.3 Å². The molecule has 184 valence electrons. The molecule has 6 nitrogen and oxygen atoms in total. The third-order valence-electron chi connectivity index (χ3n) is 5.60. The van der Waals surface area contributed by atoms with Gasteiger partial charge in [-0.3, -0.25) is 9.78 Å². The highest BCUT2D eigenvalue weighted by atomic mass is 19.4. The molecule has 2 aromatic heterocycles. The van der Waals surface area contributed by atoms with Crippen LogP contribution in [0.15, 0.2) is 54.9 Å². The van der Waals surface area contributed by atoms with Crippen LogP contribution in [0.5, 0.6) is 0 Å². The number of hydrogen-bond acceptors (Lipinski definition) is 5. The van der Waals surface area contributed by atoms with Gasteiger partial charge in [0.05, 0.1) is 22.7 Å². The number of rotatable bonds is 4. The normalized spacial score (nSPS) is 16.7. The lowest BCUT2D eigenvalue weighted by molar-refractivity contribution is -0.143. The number of nitrogens with one attached hydrogen (secondary N) is 1. The first kappa shape index (κ1) is 24.4. The van der Waals surface area contributed by atoms with E-state index in [-0.39, 0.29) is 12.6 Å². The Bertz CT molecular complexity index is 1150. The summed E-state index contributed by atoms with van der Waals surface area (Å²) >= 11 is 0. The Kier molecular flexibility index (Phi) is 6.64. The lowest BCUT2D eigenvalue weighted by atomic mass is 9.96. The molecule has 0 saturated carbocycles. The summed E-state index contributed by atoms with van der Waals surface area (Å²) in [4.78, 5) is 18.5. The van der Waals surface area contributed by atoms with Crippen LogP contribution in [0.4, 0.5) is 37.8 Å². The van der Waals surface area contributed by atoms with Crippen molar-refractivity contribution in [3.05, 3.63) is 66.0 Å². The van der Waals surface area contributed by atoms with Gasteiger partial charge < -0.3 is 10.2 Å². The summed E-state index contributed by atoms with van der Waals surface area (Å²) in [5.74, 6) is -0.809. The van der Waals surface area contributed by atoms with Gasteiger partial charge in [0.1, 0.15) is 0 Å². The smallest absolute Gasteiger partial charge is 0.354 e. The summed E-state index contributed by atoms with van der Waals surface area (Å²) in [6, 6.07) is 8.08. The molecular weight excluding hydrogens is 476 g/mol.